The molecule has 0 heteroatoms. The van der Waals surface area contributed by atoms with Crippen molar-refractivity contribution in [3.63, 3.8) is 0 Å². The predicted molar refractivity (Wildman–Crippen MR) is 559 cm³/mol. The molecule has 0 amide bonds. The molecule has 0 saturated carbocycles. The molecule has 0 fully saturated rings. The van der Waals surface area contributed by atoms with E-state index >= 15 is 0 Å². The van der Waals surface area contributed by atoms with E-state index < -0.39 is 0 Å². The summed E-state index contributed by atoms with van der Waals surface area (Å²) in [6.07, 6.45) is 0. The Morgan fingerprint density at radius 3 is 0.769 bits per heavy atom. The molecule has 0 atom stereocenters. The third-order valence-corrected chi connectivity index (χ3v) is 29.7. The van der Waals surface area contributed by atoms with Crippen LogP contribution < -0.4 is 0 Å². The largest absolute Gasteiger partial charge is 0.0622 e. The molecule has 0 bridgehead atoms. The van der Waals surface area contributed by atoms with Crippen LogP contribution >= 0.6 is 0 Å². The van der Waals surface area contributed by atoms with Crippen molar-refractivity contribution in [2.45, 2.75) is 106 Å². The van der Waals surface area contributed by atoms with Gasteiger partial charge in [0.2, 0.25) is 0 Å². The van der Waals surface area contributed by atoms with Crippen LogP contribution in [0.4, 0.5) is 0 Å². The van der Waals surface area contributed by atoms with Crippen molar-refractivity contribution < 1.29 is 0 Å². The lowest BCUT2D eigenvalue weighted by Gasteiger charge is -2.23. The lowest BCUT2D eigenvalue weighted by atomic mass is 9.80. The van der Waals surface area contributed by atoms with E-state index in [2.05, 4.69) is 484 Å². The Labute approximate surface area is 765 Å². The Kier molecular flexibility index (Phi) is 19.7. The highest BCUT2D eigenvalue weighted by Gasteiger charge is 2.41. The number of hydrogen-bond acceptors (Lipinski definition) is 0. The highest BCUT2D eigenvalue weighted by atomic mass is 14.4. The summed E-state index contributed by atoms with van der Waals surface area (Å²) in [4.78, 5) is 0. The molecular formula is C130H104. The van der Waals surface area contributed by atoms with E-state index in [0.29, 0.717) is 0 Å². The van der Waals surface area contributed by atoms with Crippen LogP contribution in [0.5, 0.6) is 0 Å². The molecule has 0 spiro atoms. The van der Waals surface area contributed by atoms with E-state index in [1.807, 2.05) is 0 Å². The molecule has 3 aliphatic rings. The average molecular weight is 1670 g/mol. The fourth-order valence-electron chi connectivity index (χ4n) is 22.8. The molecule has 0 unspecified atom stereocenters. The molecule has 3 aliphatic carbocycles. The fraction of sp³-hybridized carbons (Fsp3) is 0.123. The molecule has 0 aliphatic heterocycles. The highest BCUT2D eigenvalue weighted by molar-refractivity contribution is 6.27. The first-order chi connectivity index (χ1) is 63.2. The first kappa shape index (κ1) is 81.0. The standard InChI is InChI=1S/C44H36.2C43H34/c1-27-24-32(25-28(2)29(27)3)41-33-16-9-10-17-34(33)42(38-26-31(22-23-35(38)41)30-14-7-6-8-15-30)37-19-13-21-40-43(37)36-18-11-12-20-39(36)44(40,4)5;1-27-21-23-31(28(2)25-27)40-32-15-8-9-16-33(32)41(37-26-30(22-24-34(37)40)29-13-6-5-7-14-29)36-18-12-20-39-42(36)35-17-10-11-19-38(35)43(39,3)4;1-27-21-22-31(25-28(27)2)40-32-15-8-9-16-33(32)41(37-26-30(23-24-34(37)40)29-13-6-5-7-14-29)36-18-12-20-39-42(36)35-17-10-11-19-38(35)43(39,3)4/h6-26H,1-5H3;2*5-26H,1-4H3. The monoisotopic (exact) mass is 1660 g/mol. The van der Waals surface area contributed by atoms with Crippen LogP contribution in [-0.2, 0) is 16.2 Å². The summed E-state index contributed by atoms with van der Waals surface area (Å²) in [7, 11) is 0. The summed E-state index contributed by atoms with van der Waals surface area (Å²) in [6.45, 7) is 29.8. The van der Waals surface area contributed by atoms with Gasteiger partial charge < -0.3 is 0 Å². The third kappa shape index (κ3) is 13.1. The second-order valence-corrected chi connectivity index (χ2v) is 38.3. The molecule has 0 aromatic heterocycles. The maximum atomic E-state index is 2.44. The number of rotatable bonds is 9. The normalized spacial score (nSPS) is 13.3. The maximum absolute atomic E-state index is 2.44. The summed E-state index contributed by atoms with van der Waals surface area (Å²) >= 11 is 0. The third-order valence-electron chi connectivity index (χ3n) is 29.7. The van der Waals surface area contributed by atoms with Crippen molar-refractivity contribution in [3.05, 3.63) is 467 Å². The van der Waals surface area contributed by atoms with E-state index in [0.717, 1.165) is 0 Å². The van der Waals surface area contributed by atoms with Crippen molar-refractivity contribution >= 4 is 64.6 Å². The SMILES string of the molecule is Cc1cc(-c2c3ccccc3c(-c3cccc4c3-c3ccccc3C4(C)C)c3cc(-c4ccccc4)ccc23)cc(C)c1C.Cc1ccc(-c2c3ccccc3c(-c3cccc4c3-c3ccccc3C4(C)C)c3cc(-c4ccccc4)ccc23)c(C)c1.Cc1ccc(-c2c3ccccc3c(-c3cccc4c3-c3ccccc3C4(C)C)c3cc(-c4ccccc4)ccc23)cc1C. The zero-order valence-corrected chi connectivity index (χ0v) is 76.5. The van der Waals surface area contributed by atoms with E-state index in [9.17, 15) is 0 Å². The van der Waals surface area contributed by atoms with Crippen molar-refractivity contribution in [2.75, 3.05) is 0 Å². The van der Waals surface area contributed by atoms with Crippen molar-refractivity contribution in [1.29, 1.82) is 0 Å². The summed E-state index contributed by atoms with van der Waals surface area (Å²) in [6, 6.07) is 147. The van der Waals surface area contributed by atoms with Gasteiger partial charge in [-0.2, -0.15) is 0 Å². The van der Waals surface area contributed by atoms with Gasteiger partial charge in [0.1, 0.15) is 0 Å². The molecule has 624 valence electrons. The molecule has 21 aromatic rings. The Hall–Kier alpha value is -14.8. The van der Waals surface area contributed by atoms with Crippen LogP contribution in [0.2, 0.25) is 0 Å². The average Bonchev–Trinajstić information content (AvgIpc) is 1.43. The topological polar surface area (TPSA) is 0 Å². The van der Waals surface area contributed by atoms with Gasteiger partial charge in [-0.3, -0.25) is 0 Å². The van der Waals surface area contributed by atoms with Gasteiger partial charge in [-0.25, -0.2) is 0 Å². The van der Waals surface area contributed by atoms with Gasteiger partial charge in [0.15, 0.2) is 0 Å². The molecule has 24 rings (SSSR count). The molecule has 0 saturated heterocycles. The van der Waals surface area contributed by atoms with Gasteiger partial charge in [0, 0.05) is 16.2 Å². The minimum atomic E-state index is -0.0559. The number of hydrogen-bond donors (Lipinski definition) is 0. The summed E-state index contributed by atoms with van der Waals surface area (Å²) in [5, 5.41) is 15.6. The second-order valence-electron chi connectivity index (χ2n) is 38.3. The molecule has 0 N–H and O–H groups in total. The second kappa shape index (κ2) is 31.6. The van der Waals surface area contributed by atoms with E-state index in [1.165, 1.54) is 270 Å². The molecule has 0 radical (unpaired) electrons. The Morgan fingerprint density at radius 1 is 0.138 bits per heavy atom. The lowest BCUT2D eigenvalue weighted by Crippen LogP contribution is -2.14. The quantitative estimate of drug-likeness (QED) is 0.126. The molecule has 21 aromatic carbocycles. The molecule has 0 heterocycles. The Bertz CT molecular complexity index is 8200. The van der Waals surface area contributed by atoms with Gasteiger partial charge in [-0.1, -0.05) is 423 Å². The smallest absolute Gasteiger partial charge is 0.0159 e. The number of fused-ring (bicyclic) bond motifs is 15. The molecule has 130 heavy (non-hydrogen) atoms. The van der Waals surface area contributed by atoms with Gasteiger partial charge in [-0.05, 0) is 332 Å². The minimum absolute atomic E-state index is 0.0535. The van der Waals surface area contributed by atoms with Crippen LogP contribution in [-0.4, -0.2) is 0 Å². The number of aryl methyl sites for hydroxylation is 6. The van der Waals surface area contributed by atoms with E-state index in [1.54, 1.807) is 0 Å². The van der Waals surface area contributed by atoms with Crippen LogP contribution in [0.25, 0.3) is 198 Å². The van der Waals surface area contributed by atoms with Crippen LogP contribution in [0.3, 0.4) is 0 Å². The van der Waals surface area contributed by atoms with Crippen molar-refractivity contribution in [3.8, 4) is 134 Å². The predicted octanol–water partition coefficient (Wildman–Crippen LogP) is 36.1. The summed E-state index contributed by atoms with van der Waals surface area (Å²) < 4.78 is 0. The van der Waals surface area contributed by atoms with Gasteiger partial charge in [-0.15, -0.1) is 0 Å². The minimum Gasteiger partial charge on any atom is -0.0622 e. The summed E-state index contributed by atoms with van der Waals surface area (Å²) in [5.74, 6) is 0. The Balaban J connectivity index is 0.000000114. The first-order valence-electron chi connectivity index (χ1n) is 46.3. The fourth-order valence-corrected chi connectivity index (χ4v) is 22.8. The van der Waals surface area contributed by atoms with E-state index in [4.69, 9.17) is 0 Å². The highest BCUT2D eigenvalue weighted by Crippen LogP contribution is 2.60. The van der Waals surface area contributed by atoms with Crippen LogP contribution in [0.15, 0.2) is 394 Å². The maximum Gasteiger partial charge on any atom is 0.0159 e. The van der Waals surface area contributed by atoms with Crippen molar-refractivity contribution in [1.82, 2.24) is 0 Å². The van der Waals surface area contributed by atoms with Crippen molar-refractivity contribution in [2.24, 2.45) is 0 Å². The lowest BCUT2D eigenvalue weighted by molar-refractivity contribution is 0.660. The number of benzene rings is 21. The van der Waals surface area contributed by atoms with E-state index in [-0.39, 0.29) is 16.2 Å². The van der Waals surface area contributed by atoms with Crippen LogP contribution in [0, 0.1) is 48.5 Å². The van der Waals surface area contributed by atoms with Gasteiger partial charge in [0.25, 0.3) is 0 Å². The molecule has 0 nitrogen and oxygen atoms in total. The zero-order valence-electron chi connectivity index (χ0n) is 76.5. The van der Waals surface area contributed by atoms with Gasteiger partial charge >= 0.3 is 0 Å². The molecular weight excluding hydrogens is 1560 g/mol. The first-order valence-corrected chi connectivity index (χ1v) is 46.3. The van der Waals surface area contributed by atoms with Gasteiger partial charge in [0.05, 0.1) is 0 Å². The zero-order chi connectivity index (χ0) is 88.8. The Morgan fingerprint density at radius 2 is 0.415 bits per heavy atom. The van der Waals surface area contributed by atoms with Crippen LogP contribution in [0.1, 0.15) is 114 Å². The summed E-state index contributed by atoms with van der Waals surface area (Å²) in [5.41, 5.74) is 48.9.